The van der Waals surface area contributed by atoms with Gasteiger partial charge in [0.15, 0.2) is 0 Å². The SMILES string of the molecule is O=C(NC(CO)C1CC1)c1cc(-c2ccc(C(F)F)cc2)nn(-c2cccnc2)c1=O.O=C(O)C1=CC=NNC1. The predicted octanol–water partition coefficient (Wildman–Crippen LogP) is 2.32. The van der Waals surface area contributed by atoms with E-state index in [1.54, 1.807) is 12.1 Å². The summed E-state index contributed by atoms with van der Waals surface area (Å²) in [5.74, 6) is -1.33. The topological polar surface area (TPSA) is 159 Å². The Morgan fingerprint density at radius 2 is 1.93 bits per heavy atom. The van der Waals surface area contributed by atoms with Crippen LogP contribution in [0, 0.1) is 5.92 Å². The number of carboxylic acid groups (broad SMARTS) is 1. The number of benzene rings is 1. The minimum atomic E-state index is -2.61. The van der Waals surface area contributed by atoms with Crippen LogP contribution < -0.4 is 16.3 Å². The largest absolute Gasteiger partial charge is 0.478 e. The molecule has 11 nitrogen and oxygen atoms in total. The number of alkyl halides is 2. The van der Waals surface area contributed by atoms with Crippen LogP contribution in [0.1, 0.15) is 35.2 Å². The van der Waals surface area contributed by atoms with Gasteiger partial charge in [0.05, 0.1) is 42.3 Å². The quantitative estimate of drug-likeness (QED) is 0.331. The Kier molecular flexibility index (Phi) is 9.07. The summed E-state index contributed by atoms with van der Waals surface area (Å²) in [5.41, 5.74) is 3.01. The van der Waals surface area contributed by atoms with E-state index in [4.69, 9.17) is 5.11 Å². The summed E-state index contributed by atoms with van der Waals surface area (Å²) in [4.78, 5) is 40.1. The van der Waals surface area contributed by atoms with Gasteiger partial charge in [-0.3, -0.25) is 14.6 Å². The molecular weight excluding hydrogens is 526 g/mol. The number of pyridine rings is 1. The van der Waals surface area contributed by atoms with E-state index in [0.29, 0.717) is 23.4 Å². The molecule has 1 aliphatic carbocycles. The zero-order valence-corrected chi connectivity index (χ0v) is 21.1. The molecule has 1 atom stereocenters. The molecule has 40 heavy (non-hydrogen) atoms. The third kappa shape index (κ3) is 6.99. The molecule has 0 saturated heterocycles. The van der Waals surface area contributed by atoms with Gasteiger partial charge in [-0.15, -0.1) is 0 Å². The maximum atomic E-state index is 13.0. The van der Waals surface area contributed by atoms with E-state index in [1.807, 2.05) is 0 Å². The monoisotopic (exact) mass is 552 g/mol. The van der Waals surface area contributed by atoms with Crippen molar-refractivity contribution >= 4 is 18.1 Å². The van der Waals surface area contributed by atoms with Crippen LogP contribution in [0.3, 0.4) is 0 Å². The average molecular weight is 553 g/mol. The third-order valence-corrected chi connectivity index (χ3v) is 6.20. The van der Waals surface area contributed by atoms with E-state index in [-0.39, 0.29) is 29.3 Å². The molecule has 208 valence electrons. The number of nitrogens with one attached hydrogen (secondary N) is 2. The number of carboxylic acids is 1. The van der Waals surface area contributed by atoms with Gasteiger partial charge in [0.25, 0.3) is 17.9 Å². The first-order chi connectivity index (χ1) is 19.3. The number of hydrazone groups is 1. The van der Waals surface area contributed by atoms with Crippen LogP contribution in [0.2, 0.25) is 0 Å². The van der Waals surface area contributed by atoms with E-state index in [9.17, 15) is 28.3 Å². The van der Waals surface area contributed by atoms with Gasteiger partial charge in [-0.25, -0.2) is 13.6 Å². The highest BCUT2D eigenvalue weighted by Gasteiger charge is 2.32. The van der Waals surface area contributed by atoms with E-state index >= 15 is 0 Å². The Balaban J connectivity index is 0.000000350. The molecule has 0 spiro atoms. The molecule has 2 aliphatic rings. The van der Waals surface area contributed by atoms with Gasteiger partial charge in [0, 0.05) is 23.5 Å². The van der Waals surface area contributed by atoms with Crippen molar-refractivity contribution in [3.63, 3.8) is 0 Å². The second kappa shape index (κ2) is 12.8. The highest BCUT2D eigenvalue weighted by molar-refractivity contribution is 5.95. The number of carbonyl (C=O) groups excluding carboxylic acids is 1. The lowest BCUT2D eigenvalue weighted by Crippen LogP contribution is -2.42. The first-order valence-electron chi connectivity index (χ1n) is 12.3. The molecule has 0 bridgehead atoms. The van der Waals surface area contributed by atoms with Crippen LogP contribution in [-0.2, 0) is 4.79 Å². The summed E-state index contributed by atoms with van der Waals surface area (Å²) in [6.45, 7) is 0.0894. The number of carbonyl (C=O) groups is 2. The molecule has 3 aromatic rings. The van der Waals surface area contributed by atoms with Gasteiger partial charge in [-0.05, 0) is 43.0 Å². The van der Waals surface area contributed by atoms with Crippen LogP contribution in [0.4, 0.5) is 8.78 Å². The highest BCUT2D eigenvalue weighted by Crippen LogP contribution is 2.32. The number of allylic oxidation sites excluding steroid dienone is 1. The molecule has 3 heterocycles. The lowest BCUT2D eigenvalue weighted by atomic mass is 10.1. The maximum absolute atomic E-state index is 13.0. The molecule has 13 heteroatoms. The van der Waals surface area contributed by atoms with Crippen LogP contribution in [-0.4, -0.2) is 62.3 Å². The molecule has 1 aromatic carbocycles. The molecule has 4 N–H and O–H groups in total. The number of amides is 1. The third-order valence-electron chi connectivity index (χ3n) is 6.20. The summed E-state index contributed by atoms with van der Waals surface area (Å²) in [7, 11) is 0. The fourth-order valence-corrected chi connectivity index (χ4v) is 3.83. The minimum Gasteiger partial charge on any atom is -0.478 e. The van der Waals surface area contributed by atoms with E-state index in [2.05, 4.69) is 25.9 Å². The average Bonchev–Trinajstić information content (AvgIpc) is 3.83. The van der Waals surface area contributed by atoms with Crippen molar-refractivity contribution in [2.24, 2.45) is 11.0 Å². The summed E-state index contributed by atoms with van der Waals surface area (Å²) in [5, 5.41) is 28.6. The van der Waals surface area contributed by atoms with Crippen molar-refractivity contribution in [1.29, 1.82) is 0 Å². The number of aliphatic carboxylic acids is 1. The van der Waals surface area contributed by atoms with Crippen molar-refractivity contribution in [3.05, 3.63) is 88.0 Å². The van der Waals surface area contributed by atoms with Crippen molar-refractivity contribution in [2.45, 2.75) is 25.3 Å². The number of halogens is 2. The van der Waals surface area contributed by atoms with Gasteiger partial charge in [0.2, 0.25) is 0 Å². The van der Waals surface area contributed by atoms with Crippen LogP contribution in [0.5, 0.6) is 0 Å². The van der Waals surface area contributed by atoms with E-state index in [1.165, 1.54) is 55.0 Å². The summed E-state index contributed by atoms with van der Waals surface area (Å²) >= 11 is 0. The molecule has 1 fully saturated rings. The van der Waals surface area contributed by atoms with Gasteiger partial charge in [-0.2, -0.15) is 14.9 Å². The Morgan fingerprint density at radius 1 is 1.18 bits per heavy atom. The Labute approximate surface area is 226 Å². The first kappa shape index (κ1) is 28.2. The van der Waals surface area contributed by atoms with Crippen molar-refractivity contribution in [3.8, 4) is 16.9 Å². The molecule has 5 rings (SSSR count). The van der Waals surface area contributed by atoms with Crippen LogP contribution >= 0.6 is 0 Å². The molecular formula is C27H26F2N6O5. The molecule has 1 amide bonds. The second-order valence-electron chi connectivity index (χ2n) is 9.00. The highest BCUT2D eigenvalue weighted by atomic mass is 19.3. The number of rotatable bonds is 8. The summed E-state index contributed by atoms with van der Waals surface area (Å²) < 4.78 is 26.8. The van der Waals surface area contributed by atoms with E-state index < -0.39 is 29.9 Å². The minimum absolute atomic E-state index is 0.141. The van der Waals surface area contributed by atoms with Crippen LogP contribution in [0.25, 0.3) is 16.9 Å². The Hall–Kier alpha value is -4.78. The van der Waals surface area contributed by atoms with Crippen LogP contribution in [0.15, 0.2) is 76.4 Å². The molecule has 1 saturated carbocycles. The predicted molar refractivity (Wildman–Crippen MR) is 141 cm³/mol. The fourth-order valence-electron chi connectivity index (χ4n) is 3.83. The standard InChI is InChI=1S/C22H20F2N4O3.C5H6N2O2/c23-20(24)15-7-5-13(6-8-15)18-10-17(21(30)26-19(12-29)14-3-4-14)22(31)28(27-18)16-2-1-9-25-11-16;8-5(9)4-1-2-6-7-3-4/h1-2,5-11,14,19-20,29H,3-4,12H2,(H,26,30);1-2,7H,3H2,(H,8,9). The Bertz CT molecular complexity index is 1470. The number of nitrogens with zero attached hydrogens (tertiary/aromatic N) is 4. The second-order valence-corrected chi connectivity index (χ2v) is 9.00. The maximum Gasteiger partial charge on any atom is 0.333 e. The lowest BCUT2D eigenvalue weighted by molar-refractivity contribution is -0.132. The van der Waals surface area contributed by atoms with Crippen molar-refractivity contribution in [2.75, 3.05) is 13.2 Å². The van der Waals surface area contributed by atoms with Gasteiger partial charge in [0.1, 0.15) is 5.56 Å². The number of aliphatic hydroxyl groups is 1. The number of aliphatic hydroxyl groups excluding tert-OH is 1. The number of hydrogen-bond acceptors (Lipinski definition) is 8. The lowest BCUT2D eigenvalue weighted by Gasteiger charge is -2.16. The Morgan fingerprint density at radius 3 is 2.45 bits per heavy atom. The fraction of sp³-hybridized carbons (Fsp3) is 0.259. The smallest absolute Gasteiger partial charge is 0.333 e. The van der Waals surface area contributed by atoms with Gasteiger partial charge in [-0.1, -0.05) is 24.3 Å². The molecule has 1 aliphatic heterocycles. The normalized spacial score (nSPS) is 14.8. The zero-order valence-electron chi connectivity index (χ0n) is 21.1. The molecule has 2 aromatic heterocycles. The summed E-state index contributed by atoms with van der Waals surface area (Å²) in [6.07, 6.45) is 5.07. The first-order valence-corrected chi connectivity index (χ1v) is 12.3. The van der Waals surface area contributed by atoms with Crippen molar-refractivity contribution < 1.29 is 28.6 Å². The summed E-state index contributed by atoms with van der Waals surface area (Å²) in [6, 6.07) is 9.62. The molecule has 1 unspecified atom stereocenters. The zero-order chi connectivity index (χ0) is 28.6. The van der Waals surface area contributed by atoms with Gasteiger partial charge < -0.3 is 21.0 Å². The number of aromatic nitrogens is 3. The van der Waals surface area contributed by atoms with Crippen molar-refractivity contribution in [1.82, 2.24) is 25.5 Å². The van der Waals surface area contributed by atoms with Gasteiger partial charge >= 0.3 is 5.97 Å². The number of hydrogen-bond donors (Lipinski definition) is 4. The molecule has 0 radical (unpaired) electrons. The van der Waals surface area contributed by atoms with E-state index in [0.717, 1.165) is 17.5 Å².